The summed E-state index contributed by atoms with van der Waals surface area (Å²) in [5.41, 5.74) is 7.83. The number of carbonyl (C=O) groups is 1. The van der Waals surface area contributed by atoms with Crippen LogP contribution in [0.2, 0.25) is 0 Å². The summed E-state index contributed by atoms with van der Waals surface area (Å²) in [5, 5.41) is 11.8. The Morgan fingerprint density at radius 1 is 1.53 bits per heavy atom. The smallest absolute Gasteiger partial charge is 0.404 e. The first kappa shape index (κ1) is 11.9. The van der Waals surface area contributed by atoms with Crippen molar-refractivity contribution in [2.75, 3.05) is 6.54 Å². The fourth-order valence-electron chi connectivity index (χ4n) is 1.79. The molecule has 1 unspecified atom stereocenters. The molecule has 0 radical (unpaired) electrons. The molecule has 1 heterocycles. The van der Waals surface area contributed by atoms with Crippen molar-refractivity contribution in [3.8, 4) is 0 Å². The van der Waals surface area contributed by atoms with Gasteiger partial charge < -0.3 is 21.1 Å². The van der Waals surface area contributed by atoms with Crippen molar-refractivity contribution < 1.29 is 9.90 Å². The van der Waals surface area contributed by atoms with Gasteiger partial charge in [-0.25, -0.2) is 4.79 Å². The highest BCUT2D eigenvalue weighted by atomic mass is 79.9. The molecule has 1 atom stereocenters. The van der Waals surface area contributed by atoms with E-state index in [0.29, 0.717) is 0 Å². The summed E-state index contributed by atoms with van der Waals surface area (Å²) in [6.07, 6.45) is -1.07. The number of fused-ring (bicyclic) bond motifs is 1. The lowest BCUT2D eigenvalue weighted by atomic mass is 10.1. The summed E-state index contributed by atoms with van der Waals surface area (Å²) in [6, 6.07) is 7.35. The second kappa shape index (κ2) is 4.77. The number of hydrogen-bond donors (Lipinski definition) is 4. The van der Waals surface area contributed by atoms with Gasteiger partial charge in [-0.3, -0.25) is 0 Å². The normalized spacial score (nSPS) is 12.6. The van der Waals surface area contributed by atoms with E-state index < -0.39 is 12.1 Å². The quantitative estimate of drug-likeness (QED) is 0.700. The van der Waals surface area contributed by atoms with Crippen LogP contribution in [0.3, 0.4) is 0 Å². The van der Waals surface area contributed by atoms with E-state index in [1.807, 2.05) is 24.3 Å². The van der Waals surface area contributed by atoms with E-state index in [4.69, 9.17) is 10.8 Å². The van der Waals surface area contributed by atoms with Crippen molar-refractivity contribution in [1.82, 2.24) is 10.3 Å². The van der Waals surface area contributed by atoms with Gasteiger partial charge in [-0.15, -0.1) is 0 Å². The van der Waals surface area contributed by atoms with Crippen LogP contribution in [0.5, 0.6) is 0 Å². The third-order valence-electron chi connectivity index (χ3n) is 2.54. The van der Waals surface area contributed by atoms with Crippen LogP contribution in [-0.2, 0) is 0 Å². The zero-order valence-electron chi connectivity index (χ0n) is 8.90. The summed E-state index contributed by atoms with van der Waals surface area (Å²) >= 11 is 3.41. The van der Waals surface area contributed by atoms with Crippen molar-refractivity contribution in [2.24, 2.45) is 5.73 Å². The molecule has 1 aromatic heterocycles. The molecule has 5 nitrogen and oxygen atoms in total. The highest BCUT2D eigenvalue weighted by molar-refractivity contribution is 9.10. The molecule has 0 saturated heterocycles. The molecule has 17 heavy (non-hydrogen) atoms. The van der Waals surface area contributed by atoms with E-state index in [1.165, 1.54) is 0 Å². The average molecular weight is 298 g/mol. The number of H-pyrrole nitrogens is 1. The SMILES string of the molecule is NC(CNC(=O)O)c1c(Br)[nH]c2ccccc12. The van der Waals surface area contributed by atoms with Crippen LogP contribution in [0.4, 0.5) is 4.79 Å². The van der Waals surface area contributed by atoms with Crippen molar-refractivity contribution in [2.45, 2.75) is 6.04 Å². The number of aromatic nitrogens is 1. The van der Waals surface area contributed by atoms with Gasteiger partial charge in [0, 0.05) is 23.0 Å². The van der Waals surface area contributed by atoms with Crippen LogP contribution in [0.25, 0.3) is 10.9 Å². The van der Waals surface area contributed by atoms with Crippen molar-refractivity contribution in [3.05, 3.63) is 34.4 Å². The lowest BCUT2D eigenvalue weighted by Crippen LogP contribution is -2.30. The molecule has 0 spiro atoms. The third kappa shape index (κ3) is 2.42. The van der Waals surface area contributed by atoms with E-state index in [2.05, 4.69) is 26.2 Å². The van der Waals surface area contributed by atoms with E-state index in [0.717, 1.165) is 21.1 Å². The van der Waals surface area contributed by atoms with Gasteiger partial charge in [-0.1, -0.05) is 18.2 Å². The Labute approximate surface area is 106 Å². The van der Waals surface area contributed by atoms with Gasteiger partial charge >= 0.3 is 6.09 Å². The van der Waals surface area contributed by atoms with Gasteiger partial charge in [0.25, 0.3) is 0 Å². The first-order chi connectivity index (χ1) is 8.09. The zero-order valence-corrected chi connectivity index (χ0v) is 10.5. The lowest BCUT2D eigenvalue weighted by Gasteiger charge is -2.11. The molecule has 90 valence electrons. The molecule has 1 amide bonds. The van der Waals surface area contributed by atoms with Gasteiger partial charge in [-0.05, 0) is 22.0 Å². The van der Waals surface area contributed by atoms with Crippen LogP contribution < -0.4 is 11.1 Å². The number of para-hydroxylation sites is 1. The largest absolute Gasteiger partial charge is 0.465 e. The Morgan fingerprint density at radius 2 is 2.24 bits per heavy atom. The number of hydrogen-bond acceptors (Lipinski definition) is 2. The number of halogens is 1. The van der Waals surface area contributed by atoms with Gasteiger partial charge in [-0.2, -0.15) is 0 Å². The summed E-state index contributed by atoms with van der Waals surface area (Å²) in [6.45, 7) is 0.176. The first-order valence-electron chi connectivity index (χ1n) is 5.08. The number of nitrogens with two attached hydrogens (primary N) is 1. The molecule has 2 aromatic rings. The van der Waals surface area contributed by atoms with E-state index in [9.17, 15) is 4.79 Å². The Balaban J connectivity index is 2.33. The number of benzene rings is 1. The number of amides is 1. The summed E-state index contributed by atoms with van der Waals surface area (Å²) < 4.78 is 0.790. The van der Waals surface area contributed by atoms with Gasteiger partial charge in [0.05, 0.1) is 10.6 Å². The Bertz CT molecular complexity index is 553. The van der Waals surface area contributed by atoms with Crippen LogP contribution >= 0.6 is 15.9 Å². The van der Waals surface area contributed by atoms with Crippen LogP contribution in [0.1, 0.15) is 11.6 Å². The molecule has 0 aliphatic heterocycles. The topological polar surface area (TPSA) is 91.1 Å². The van der Waals surface area contributed by atoms with E-state index >= 15 is 0 Å². The van der Waals surface area contributed by atoms with Gasteiger partial charge in [0.1, 0.15) is 0 Å². The maximum atomic E-state index is 10.4. The molecular formula is C11H12BrN3O2. The monoisotopic (exact) mass is 297 g/mol. The fourth-order valence-corrected chi connectivity index (χ4v) is 2.51. The second-order valence-corrected chi connectivity index (χ2v) is 4.48. The molecule has 5 N–H and O–H groups in total. The molecule has 0 bridgehead atoms. The number of carboxylic acid groups (broad SMARTS) is 1. The average Bonchev–Trinajstić information content (AvgIpc) is 2.61. The Kier molecular flexibility index (Phi) is 3.35. The number of rotatable bonds is 3. The molecule has 2 rings (SSSR count). The molecule has 0 aliphatic carbocycles. The highest BCUT2D eigenvalue weighted by Gasteiger charge is 2.16. The van der Waals surface area contributed by atoms with E-state index in [1.54, 1.807) is 0 Å². The maximum absolute atomic E-state index is 10.4. The molecule has 6 heteroatoms. The molecule has 0 aliphatic rings. The van der Waals surface area contributed by atoms with Crippen molar-refractivity contribution in [1.29, 1.82) is 0 Å². The standard InChI is InChI=1S/C11H12BrN3O2/c12-10-9(7(13)5-14-11(16)17)6-3-1-2-4-8(6)15-10/h1-4,7,14-15H,5,13H2,(H,16,17). The van der Waals surface area contributed by atoms with Crippen LogP contribution in [0, 0.1) is 0 Å². The minimum absolute atomic E-state index is 0.176. The van der Waals surface area contributed by atoms with Crippen LogP contribution in [0.15, 0.2) is 28.9 Å². The molecule has 0 fully saturated rings. The van der Waals surface area contributed by atoms with E-state index in [-0.39, 0.29) is 6.54 Å². The predicted molar refractivity (Wildman–Crippen MR) is 69.0 cm³/mol. The summed E-state index contributed by atoms with van der Waals surface area (Å²) in [5.74, 6) is 0. The number of nitrogens with one attached hydrogen (secondary N) is 2. The second-order valence-electron chi connectivity index (χ2n) is 3.69. The highest BCUT2D eigenvalue weighted by Crippen LogP contribution is 2.30. The first-order valence-corrected chi connectivity index (χ1v) is 5.87. The summed E-state index contributed by atoms with van der Waals surface area (Å²) in [4.78, 5) is 13.6. The third-order valence-corrected chi connectivity index (χ3v) is 3.17. The Morgan fingerprint density at radius 3 is 2.94 bits per heavy atom. The van der Waals surface area contributed by atoms with Crippen molar-refractivity contribution >= 4 is 32.9 Å². The predicted octanol–water partition coefficient (Wildman–Crippen LogP) is 2.20. The number of aromatic amines is 1. The Hall–Kier alpha value is -1.53. The fraction of sp³-hybridized carbons (Fsp3) is 0.182. The minimum Gasteiger partial charge on any atom is -0.465 e. The van der Waals surface area contributed by atoms with Gasteiger partial charge in [0.15, 0.2) is 0 Å². The summed E-state index contributed by atoms with van der Waals surface area (Å²) in [7, 11) is 0. The minimum atomic E-state index is -1.07. The maximum Gasteiger partial charge on any atom is 0.404 e. The van der Waals surface area contributed by atoms with Gasteiger partial charge in [0.2, 0.25) is 0 Å². The molecule has 0 saturated carbocycles. The van der Waals surface area contributed by atoms with Crippen molar-refractivity contribution in [3.63, 3.8) is 0 Å². The molecule has 1 aromatic carbocycles. The van der Waals surface area contributed by atoms with Crippen LogP contribution in [-0.4, -0.2) is 22.7 Å². The molecular weight excluding hydrogens is 286 g/mol. The lowest BCUT2D eigenvalue weighted by molar-refractivity contribution is 0.193. The zero-order chi connectivity index (χ0) is 12.4.